The molecule has 3 atom stereocenters. The van der Waals surface area contributed by atoms with Crippen LogP contribution in [0.5, 0.6) is 0 Å². The van der Waals surface area contributed by atoms with Crippen molar-refractivity contribution in [2.24, 2.45) is 0 Å². The molecule has 3 unspecified atom stereocenters. The van der Waals surface area contributed by atoms with Gasteiger partial charge in [0.05, 0.1) is 0 Å². The number of hydrogen-bond donors (Lipinski definition) is 1. The van der Waals surface area contributed by atoms with Crippen LogP contribution in [0.15, 0.2) is 0 Å². The molecule has 0 aromatic heterocycles. The van der Waals surface area contributed by atoms with Gasteiger partial charge in [-0.1, -0.05) is 0 Å². The lowest BCUT2D eigenvalue weighted by atomic mass is 10.3. The average Bonchev–Trinajstić information content (AvgIpc) is 2.13. The standard InChI is InChI=1S/C4H8O6P2/c5-2-1-4-3-8-11(6)10-12(7)9-4/h4-5H,1-3H2/q+2. The predicted molar refractivity (Wildman–Crippen MR) is 38.8 cm³/mol. The van der Waals surface area contributed by atoms with Crippen molar-refractivity contribution in [3.8, 4) is 0 Å². The van der Waals surface area contributed by atoms with Crippen molar-refractivity contribution in [1.29, 1.82) is 0 Å². The van der Waals surface area contributed by atoms with Crippen LogP contribution in [0.4, 0.5) is 0 Å². The Hall–Kier alpha value is 0.0400. The van der Waals surface area contributed by atoms with E-state index in [-0.39, 0.29) is 19.6 Å². The first-order valence-corrected chi connectivity index (χ1v) is 5.44. The lowest BCUT2D eigenvalue weighted by Crippen LogP contribution is -2.15. The van der Waals surface area contributed by atoms with Crippen LogP contribution in [0.25, 0.3) is 0 Å². The maximum Gasteiger partial charge on any atom is 0.748 e. The fourth-order valence-electron chi connectivity index (χ4n) is 0.673. The van der Waals surface area contributed by atoms with E-state index < -0.39 is 22.6 Å². The second-order valence-corrected chi connectivity index (χ2v) is 4.08. The lowest BCUT2D eigenvalue weighted by molar-refractivity contribution is 0.117. The monoisotopic (exact) mass is 214 g/mol. The first kappa shape index (κ1) is 10.1. The Balaban J connectivity index is 2.46. The molecule has 1 fully saturated rings. The van der Waals surface area contributed by atoms with Gasteiger partial charge in [0, 0.05) is 22.2 Å². The topological polar surface area (TPSA) is 82.1 Å². The second-order valence-electron chi connectivity index (χ2n) is 2.06. The van der Waals surface area contributed by atoms with Gasteiger partial charge in [0.15, 0.2) is 4.31 Å². The van der Waals surface area contributed by atoms with Crippen molar-refractivity contribution in [3.05, 3.63) is 0 Å². The minimum Gasteiger partial charge on any atom is -0.396 e. The molecule has 8 heteroatoms. The lowest BCUT2D eigenvalue weighted by Gasteiger charge is -1.99. The SMILES string of the molecule is O=[P+]1OCC(CCO)O[P+](=O)O1. The molecule has 0 aromatic rings. The maximum atomic E-state index is 10.7. The van der Waals surface area contributed by atoms with Crippen molar-refractivity contribution in [2.45, 2.75) is 12.5 Å². The summed E-state index contributed by atoms with van der Waals surface area (Å²) in [4.78, 5) is 0. The van der Waals surface area contributed by atoms with Gasteiger partial charge in [-0.15, -0.1) is 9.05 Å². The Bertz CT molecular complexity index is 194. The van der Waals surface area contributed by atoms with Crippen molar-refractivity contribution >= 4 is 16.5 Å². The Kier molecular flexibility index (Phi) is 4.15. The molecule has 1 saturated heterocycles. The van der Waals surface area contributed by atoms with Crippen molar-refractivity contribution < 1.29 is 27.6 Å². The van der Waals surface area contributed by atoms with Crippen LogP contribution in [0, 0.1) is 0 Å². The van der Waals surface area contributed by atoms with Gasteiger partial charge in [-0.05, 0) is 0 Å². The number of rotatable bonds is 2. The van der Waals surface area contributed by atoms with E-state index in [0.717, 1.165) is 0 Å². The molecule has 1 heterocycles. The third kappa shape index (κ3) is 3.19. The largest absolute Gasteiger partial charge is 0.748 e. The molecule has 0 aliphatic carbocycles. The molecule has 6 nitrogen and oxygen atoms in total. The van der Waals surface area contributed by atoms with Crippen LogP contribution in [0.2, 0.25) is 0 Å². The van der Waals surface area contributed by atoms with Crippen LogP contribution in [-0.4, -0.2) is 24.4 Å². The Labute approximate surface area is 70.7 Å². The quantitative estimate of drug-likeness (QED) is 0.693. The third-order valence-electron chi connectivity index (χ3n) is 1.19. The summed E-state index contributed by atoms with van der Waals surface area (Å²) < 4.78 is 35.0. The molecule has 0 amide bonds. The van der Waals surface area contributed by atoms with Gasteiger partial charge in [0.1, 0.15) is 12.7 Å². The molecule has 1 aliphatic heterocycles. The third-order valence-corrected chi connectivity index (χ3v) is 3.08. The smallest absolute Gasteiger partial charge is 0.396 e. The summed E-state index contributed by atoms with van der Waals surface area (Å²) in [6, 6.07) is 0. The van der Waals surface area contributed by atoms with Crippen molar-refractivity contribution in [1.82, 2.24) is 0 Å². The van der Waals surface area contributed by atoms with Gasteiger partial charge < -0.3 is 5.11 Å². The van der Waals surface area contributed by atoms with Crippen LogP contribution in [0.1, 0.15) is 6.42 Å². The highest BCUT2D eigenvalue weighted by Gasteiger charge is 2.46. The van der Waals surface area contributed by atoms with E-state index in [1.165, 1.54) is 0 Å². The van der Waals surface area contributed by atoms with Gasteiger partial charge >= 0.3 is 16.5 Å². The van der Waals surface area contributed by atoms with E-state index in [0.29, 0.717) is 0 Å². The van der Waals surface area contributed by atoms with E-state index in [1.54, 1.807) is 0 Å². The molecular formula is C4H8O6P2+2. The van der Waals surface area contributed by atoms with E-state index in [4.69, 9.17) is 9.63 Å². The molecule has 0 spiro atoms. The summed E-state index contributed by atoms with van der Waals surface area (Å²) in [7, 11) is -4.71. The fraction of sp³-hybridized carbons (Fsp3) is 1.00. The summed E-state index contributed by atoms with van der Waals surface area (Å²) in [6.45, 7) is -0.0786. The van der Waals surface area contributed by atoms with E-state index >= 15 is 0 Å². The molecule has 0 aromatic carbocycles. The normalized spacial score (nSPS) is 31.6. The highest BCUT2D eigenvalue weighted by Crippen LogP contribution is 2.43. The van der Waals surface area contributed by atoms with Crippen LogP contribution >= 0.6 is 16.5 Å². The van der Waals surface area contributed by atoms with Crippen molar-refractivity contribution in [3.63, 3.8) is 0 Å². The summed E-state index contributed by atoms with van der Waals surface area (Å²) in [5.74, 6) is 0. The summed E-state index contributed by atoms with van der Waals surface area (Å²) in [5, 5.41) is 8.52. The van der Waals surface area contributed by atoms with E-state index in [1.807, 2.05) is 0 Å². The average molecular weight is 214 g/mol. The molecule has 0 radical (unpaired) electrons. The van der Waals surface area contributed by atoms with Crippen LogP contribution < -0.4 is 0 Å². The Morgan fingerprint density at radius 1 is 1.42 bits per heavy atom. The van der Waals surface area contributed by atoms with Gasteiger partial charge in [0.25, 0.3) is 0 Å². The van der Waals surface area contributed by atoms with E-state index in [2.05, 4.69) is 8.83 Å². The molecule has 1 aliphatic rings. The van der Waals surface area contributed by atoms with Crippen LogP contribution in [-0.2, 0) is 22.5 Å². The van der Waals surface area contributed by atoms with Gasteiger partial charge in [-0.25, -0.2) is 0 Å². The zero-order valence-corrected chi connectivity index (χ0v) is 7.87. The summed E-state index contributed by atoms with van der Waals surface area (Å²) >= 11 is 0. The zero-order valence-electron chi connectivity index (χ0n) is 6.08. The number of aliphatic hydroxyl groups excluding tert-OH is 1. The molecule has 1 rings (SSSR count). The molecule has 12 heavy (non-hydrogen) atoms. The van der Waals surface area contributed by atoms with Gasteiger partial charge in [-0.3, -0.25) is 0 Å². The highest BCUT2D eigenvalue weighted by atomic mass is 31.2. The maximum absolute atomic E-state index is 10.7. The molecular weight excluding hydrogens is 206 g/mol. The highest BCUT2D eigenvalue weighted by molar-refractivity contribution is 7.47. The minimum atomic E-state index is -2.38. The minimum absolute atomic E-state index is 0.0246. The van der Waals surface area contributed by atoms with Gasteiger partial charge in [-0.2, -0.15) is 0 Å². The van der Waals surface area contributed by atoms with Crippen molar-refractivity contribution in [2.75, 3.05) is 13.2 Å². The Morgan fingerprint density at radius 2 is 2.17 bits per heavy atom. The van der Waals surface area contributed by atoms with E-state index in [9.17, 15) is 9.13 Å². The predicted octanol–water partition coefficient (Wildman–Crippen LogP) is 1.12. The summed E-state index contributed by atoms with van der Waals surface area (Å²) in [5.41, 5.74) is 0. The Morgan fingerprint density at radius 3 is 2.83 bits per heavy atom. The number of aliphatic hydroxyl groups is 1. The zero-order chi connectivity index (χ0) is 8.97. The second kappa shape index (κ2) is 4.92. The molecule has 1 N–H and O–H groups in total. The van der Waals surface area contributed by atoms with Crippen LogP contribution in [0.3, 0.4) is 0 Å². The molecule has 68 valence electrons. The first-order chi connectivity index (χ1) is 5.72. The van der Waals surface area contributed by atoms with Gasteiger partial charge in [0.2, 0.25) is 0 Å². The molecule has 0 bridgehead atoms. The number of hydrogen-bond acceptors (Lipinski definition) is 6. The fourth-order valence-corrected chi connectivity index (χ4v) is 2.15. The molecule has 0 saturated carbocycles. The summed E-state index contributed by atoms with van der Waals surface area (Å²) in [6.07, 6.45) is -0.229. The first-order valence-electron chi connectivity index (χ1n) is 3.25.